The van der Waals surface area contributed by atoms with Crippen LogP contribution in [0.2, 0.25) is 10.0 Å². The Morgan fingerprint density at radius 1 is 1.05 bits per heavy atom. The molecule has 0 bridgehead atoms. The molecule has 0 unspecified atom stereocenters. The van der Waals surface area contributed by atoms with E-state index in [4.69, 9.17) is 37.7 Å². The molecule has 3 aromatic carbocycles. The van der Waals surface area contributed by atoms with E-state index >= 15 is 0 Å². The van der Waals surface area contributed by atoms with E-state index in [1.54, 1.807) is 24.4 Å². The van der Waals surface area contributed by atoms with Gasteiger partial charge in [0.05, 0.1) is 28.2 Å². The normalized spacial score (nSPS) is 14.2. The lowest BCUT2D eigenvalue weighted by Gasteiger charge is -2.22. The Morgan fingerprint density at radius 2 is 1.85 bits per heavy atom. The van der Waals surface area contributed by atoms with E-state index in [1.165, 1.54) is 11.1 Å². The predicted molar refractivity (Wildman–Crippen MR) is 169 cm³/mol. The van der Waals surface area contributed by atoms with E-state index in [0.29, 0.717) is 49.4 Å². The topological polar surface area (TPSA) is 65.7 Å². The van der Waals surface area contributed by atoms with Gasteiger partial charge >= 0.3 is 0 Å². The first-order chi connectivity index (χ1) is 19.3. The maximum atomic E-state index is 13.6. The highest BCUT2D eigenvalue weighted by molar-refractivity contribution is 9.10. The fourth-order valence-corrected chi connectivity index (χ4v) is 6.28. The molecule has 1 saturated carbocycles. The molecule has 1 aliphatic carbocycles. The third-order valence-electron chi connectivity index (χ3n) is 6.84. The van der Waals surface area contributed by atoms with Gasteiger partial charge in [-0.3, -0.25) is 4.79 Å². The molecule has 1 heterocycles. The summed E-state index contributed by atoms with van der Waals surface area (Å²) in [6.45, 7) is 2.59. The summed E-state index contributed by atoms with van der Waals surface area (Å²) >= 11 is 19.4. The maximum absolute atomic E-state index is 13.6. The van der Waals surface area contributed by atoms with E-state index in [0.717, 1.165) is 41.3 Å². The quantitative estimate of drug-likeness (QED) is 0.171. The second-order valence-corrected chi connectivity index (χ2v) is 12.2. The molecule has 40 heavy (non-hydrogen) atoms. The largest absolute Gasteiger partial charge is 0.490 e. The minimum absolute atomic E-state index is 0.188. The fourth-order valence-electron chi connectivity index (χ4n) is 4.88. The lowest BCUT2D eigenvalue weighted by atomic mass is 9.88. The fraction of sp³-hybridized carbons (Fsp3) is 0.300. The number of hydrogen-bond donors (Lipinski definition) is 0. The van der Waals surface area contributed by atoms with Gasteiger partial charge in [0.2, 0.25) is 0 Å². The van der Waals surface area contributed by atoms with Crippen LogP contribution in [-0.2, 0) is 6.61 Å². The molecule has 5 rings (SSSR count). The summed E-state index contributed by atoms with van der Waals surface area (Å²) < 4.78 is 15.0. The van der Waals surface area contributed by atoms with Gasteiger partial charge in [-0.05, 0) is 83.7 Å². The first-order valence-corrected chi connectivity index (χ1v) is 15.5. The van der Waals surface area contributed by atoms with E-state index in [-0.39, 0.29) is 18.1 Å². The summed E-state index contributed by atoms with van der Waals surface area (Å²) in [5, 5.41) is 6.28. The van der Waals surface area contributed by atoms with Crippen molar-refractivity contribution < 1.29 is 9.47 Å². The molecule has 4 aromatic rings. The molecule has 0 spiro atoms. The minimum atomic E-state index is -0.188. The smallest absolute Gasteiger partial charge is 0.282 e. The van der Waals surface area contributed by atoms with Crippen molar-refractivity contribution in [3.05, 3.63) is 94.8 Å². The van der Waals surface area contributed by atoms with Gasteiger partial charge < -0.3 is 9.47 Å². The maximum Gasteiger partial charge on any atom is 0.282 e. The van der Waals surface area contributed by atoms with Gasteiger partial charge in [0, 0.05) is 26.0 Å². The van der Waals surface area contributed by atoms with Crippen LogP contribution < -0.4 is 15.0 Å². The summed E-state index contributed by atoms with van der Waals surface area (Å²) in [4.78, 5) is 18.6. The third kappa shape index (κ3) is 6.56. The van der Waals surface area contributed by atoms with Gasteiger partial charge in [0.15, 0.2) is 11.5 Å². The molecule has 1 fully saturated rings. The highest BCUT2D eigenvalue weighted by atomic mass is 79.9. The zero-order chi connectivity index (χ0) is 28.2. The van der Waals surface area contributed by atoms with Crippen molar-refractivity contribution in [2.75, 3.05) is 6.61 Å². The van der Waals surface area contributed by atoms with Gasteiger partial charge in [-0.25, -0.2) is 4.98 Å². The Kier molecular flexibility index (Phi) is 9.51. The summed E-state index contributed by atoms with van der Waals surface area (Å²) in [5.74, 6) is 1.98. The van der Waals surface area contributed by atoms with Crippen molar-refractivity contribution >= 4 is 72.2 Å². The third-order valence-corrected chi connectivity index (χ3v) is 8.51. The number of aromatic nitrogens is 2. The van der Waals surface area contributed by atoms with E-state index in [9.17, 15) is 4.79 Å². The van der Waals surface area contributed by atoms with Crippen LogP contribution in [0.15, 0.2) is 67.4 Å². The molecule has 0 atom stereocenters. The van der Waals surface area contributed by atoms with Gasteiger partial charge in [0.1, 0.15) is 12.4 Å². The van der Waals surface area contributed by atoms with Crippen molar-refractivity contribution in [1.29, 1.82) is 0 Å². The second kappa shape index (κ2) is 13.1. The minimum Gasteiger partial charge on any atom is -0.490 e. The molecule has 208 valence electrons. The predicted octanol–water partition coefficient (Wildman–Crippen LogP) is 9.14. The number of benzene rings is 3. The number of rotatable bonds is 8. The van der Waals surface area contributed by atoms with Crippen LogP contribution >= 0.6 is 55.1 Å². The number of ether oxygens (including phenoxy) is 2. The highest BCUT2D eigenvalue weighted by Gasteiger charge is 2.23. The molecule has 0 saturated heterocycles. The summed E-state index contributed by atoms with van der Waals surface area (Å²) in [6.07, 6.45) is 7.09. The van der Waals surface area contributed by atoms with Gasteiger partial charge in [-0.1, -0.05) is 64.5 Å². The second-order valence-electron chi connectivity index (χ2n) is 9.62. The van der Waals surface area contributed by atoms with E-state index < -0.39 is 0 Å². The monoisotopic (exact) mass is 705 g/mol. The van der Waals surface area contributed by atoms with Crippen LogP contribution in [0, 0.1) is 0 Å². The van der Waals surface area contributed by atoms with Crippen LogP contribution in [0.3, 0.4) is 0 Å². The van der Waals surface area contributed by atoms with Crippen LogP contribution in [0.1, 0.15) is 61.9 Å². The number of fused-ring (bicyclic) bond motifs is 1. The van der Waals surface area contributed by atoms with Crippen LogP contribution in [0.25, 0.3) is 10.9 Å². The Morgan fingerprint density at radius 3 is 2.60 bits per heavy atom. The summed E-state index contributed by atoms with van der Waals surface area (Å²) in [7, 11) is 0. The Labute approximate surface area is 259 Å². The van der Waals surface area contributed by atoms with Crippen molar-refractivity contribution in [3.63, 3.8) is 0 Å². The molecular formula is C30H27Br2Cl2N3O3. The Balaban J connectivity index is 1.50. The Bertz CT molecular complexity index is 1640. The zero-order valence-corrected chi connectivity index (χ0v) is 26.5. The van der Waals surface area contributed by atoms with Gasteiger partial charge in [-0.2, -0.15) is 9.78 Å². The first kappa shape index (κ1) is 29.1. The molecule has 1 aliphatic rings. The van der Waals surface area contributed by atoms with Crippen molar-refractivity contribution in [3.8, 4) is 11.5 Å². The SMILES string of the molecule is CCOc1cc(C=Nn2c(C3CCCCC3)nc3ccc(Br)cc3c2=O)cc(Br)c1OCc1ccc(Cl)cc1Cl. The number of nitrogens with zero attached hydrogens (tertiary/aromatic N) is 3. The van der Waals surface area contributed by atoms with Crippen molar-refractivity contribution in [2.24, 2.45) is 5.10 Å². The lowest BCUT2D eigenvalue weighted by Crippen LogP contribution is -2.25. The van der Waals surface area contributed by atoms with Crippen LogP contribution in [0.4, 0.5) is 0 Å². The molecular weight excluding hydrogens is 681 g/mol. The van der Waals surface area contributed by atoms with Gasteiger partial charge in [-0.15, -0.1) is 0 Å². The van der Waals surface area contributed by atoms with Crippen molar-refractivity contribution in [2.45, 2.75) is 51.6 Å². The van der Waals surface area contributed by atoms with Crippen LogP contribution in [-0.4, -0.2) is 22.5 Å². The van der Waals surface area contributed by atoms with Crippen molar-refractivity contribution in [1.82, 2.24) is 9.66 Å². The summed E-state index contributed by atoms with van der Waals surface area (Å²) in [5.41, 5.74) is 2.04. The first-order valence-electron chi connectivity index (χ1n) is 13.1. The lowest BCUT2D eigenvalue weighted by molar-refractivity contribution is 0.267. The number of halogens is 4. The van der Waals surface area contributed by atoms with Gasteiger partial charge in [0.25, 0.3) is 5.56 Å². The number of hydrogen-bond acceptors (Lipinski definition) is 5. The molecule has 1 aromatic heterocycles. The Hall–Kier alpha value is -2.39. The average molecular weight is 708 g/mol. The zero-order valence-electron chi connectivity index (χ0n) is 21.8. The molecule has 0 aliphatic heterocycles. The molecule has 10 heteroatoms. The molecule has 0 amide bonds. The average Bonchev–Trinajstić information content (AvgIpc) is 2.94. The standard InChI is InChI=1S/C30H27Br2Cl2N3O3/c1-2-39-27-13-18(12-24(32)28(27)40-17-20-8-10-22(33)15-25(20)34)16-35-37-29(19-6-4-3-5-7-19)36-26-11-9-21(31)14-23(26)30(37)38/h8-16,19H,2-7,17H2,1H3. The highest BCUT2D eigenvalue weighted by Crippen LogP contribution is 2.38. The molecule has 0 N–H and O–H groups in total. The molecule has 0 radical (unpaired) electrons. The van der Waals surface area contributed by atoms with E-state index in [2.05, 4.69) is 37.0 Å². The van der Waals surface area contributed by atoms with E-state index in [1.807, 2.05) is 37.3 Å². The molecule has 6 nitrogen and oxygen atoms in total. The van der Waals surface area contributed by atoms with Crippen LogP contribution in [0.5, 0.6) is 11.5 Å². The summed E-state index contributed by atoms with van der Waals surface area (Å²) in [6, 6.07) is 14.6.